The van der Waals surface area contributed by atoms with Gasteiger partial charge in [0.1, 0.15) is 11.6 Å². The zero-order valence-electron chi connectivity index (χ0n) is 16.3. The molecule has 0 bridgehead atoms. The highest BCUT2D eigenvalue weighted by Gasteiger charge is 2.25. The first-order valence-corrected chi connectivity index (χ1v) is 11.3. The van der Waals surface area contributed by atoms with Crippen LogP contribution in [0.15, 0.2) is 64.1 Å². The van der Waals surface area contributed by atoms with E-state index in [2.05, 4.69) is 17.5 Å². The van der Waals surface area contributed by atoms with Gasteiger partial charge in [0.05, 0.1) is 11.6 Å². The standard InChI is InChI=1S/C23H22N2O2S2/c1-3-17-15(2)24-22(18-9-4-5-10-20(18)26)25(23(17)27)19(21-11-7-13-29-21)14-16-8-6-12-28-16/h4-13,19,26H,3,14H2,1-2H3. The minimum Gasteiger partial charge on any atom is -0.507 e. The number of para-hydroxylation sites is 1. The Bertz CT molecular complexity index is 1160. The van der Waals surface area contributed by atoms with Crippen LogP contribution >= 0.6 is 22.7 Å². The number of aryl methyl sites for hydroxylation is 1. The van der Waals surface area contributed by atoms with E-state index in [1.54, 1.807) is 39.4 Å². The van der Waals surface area contributed by atoms with E-state index in [9.17, 15) is 9.90 Å². The molecule has 1 aromatic carbocycles. The topological polar surface area (TPSA) is 55.1 Å². The second kappa shape index (κ2) is 8.35. The Morgan fingerprint density at radius 1 is 1.07 bits per heavy atom. The molecule has 0 radical (unpaired) electrons. The van der Waals surface area contributed by atoms with Crippen molar-refractivity contribution in [1.29, 1.82) is 0 Å². The van der Waals surface area contributed by atoms with E-state index in [0.29, 0.717) is 29.9 Å². The van der Waals surface area contributed by atoms with E-state index in [-0.39, 0.29) is 17.4 Å². The summed E-state index contributed by atoms with van der Waals surface area (Å²) in [6.45, 7) is 3.85. The lowest BCUT2D eigenvalue weighted by Gasteiger charge is -2.24. The average molecular weight is 423 g/mol. The molecule has 148 valence electrons. The van der Waals surface area contributed by atoms with Gasteiger partial charge in [-0.3, -0.25) is 9.36 Å². The van der Waals surface area contributed by atoms with Crippen molar-refractivity contribution in [2.45, 2.75) is 32.7 Å². The van der Waals surface area contributed by atoms with Crippen LogP contribution < -0.4 is 5.56 Å². The number of thiophene rings is 2. The molecular weight excluding hydrogens is 400 g/mol. The molecule has 0 saturated heterocycles. The van der Waals surface area contributed by atoms with Crippen molar-refractivity contribution >= 4 is 22.7 Å². The molecule has 4 nitrogen and oxygen atoms in total. The van der Waals surface area contributed by atoms with Crippen LogP contribution in [0.25, 0.3) is 11.4 Å². The van der Waals surface area contributed by atoms with Crippen LogP contribution in [-0.4, -0.2) is 14.7 Å². The van der Waals surface area contributed by atoms with Crippen LogP contribution in [0, 0.1) is 6.92 Å². The normalized spacial score (nSPS) is 12.2. The predicted octanol–water partition coefficient (Wildman–Crippen LogP) is 5.44. The van der Waals surface area contributed by atoms with Gasteiger partial charge in [-0.1, -0.05) is 31.2 Å². The van der Waals surface area contributed by atoms with Gasteiger partial charge >= 0.3 is 0 Å². The summed E-state index contributed by atoms with van der Waals surface area (Å²) < 4.78 is 1.78. The van der Waals surface area contributed by atoms with Crippen LogP contribution in [0.4, 0.5) is 0 Å². The van der Waals surface area contributed by atoms with Crippen molar-refractivity contribution in [2.24, 2.45) is 0 Å². The molecule has 4 rings (SSSR count). The summed E-state index contributed by atoms with van der Waals surface area (Å²) in [5.41, 5.74) is 1.97. The Kier molecular flexibility index (Phi) is 5.65. The lowest BCUT2D eigenvalue weighted by molar-refractivity contribution is 0.475. The number of aromatic hydroxyl groups is 1. The van der Waals surface area contributed by atoms with Gasteiger partial charge in [-0.15, -0.1) is 22.7 Å². The third-order valence-corrected chi connectivity index (χ3v) is 6.94. The average Bonchev–Trinajstić information content (AvgIpc) is 3.41. The molecule has 0 spiro atoms. The van der Waals surface area contributed by atoms with Crippen molar-refractivity contribution in [3.63, 3.8) is 0 Å². The summed E-state index contributed by atoms with van der Waals surface area (Å²) >= 11 is 3.32. The Morgan fingerprint density at radius 2 is 1.83 bits per heavy atom. The molecule has 0 saturated carbocycles. The van der Waals surface area contributed by atoms with Crippen LogP contribution in [-0.2, 0) is 12.8 Å². The first-order valence-electron chi connectivity index (χ1n) is 9.56. The van der Waals surface area contributed by atoms with Gasteiger partial charge in [0, 0.05) is 27.4 Å². The van der Waals surface area contributed by atoms with Crippen LogP contribution in [0.2, 0.25) is 0 Å². The minimum absolute atomic E-state index is 0.0341. The molecule has 3 aromatic heterocycles. The second-order valence-electron chi connectivity index (χ2n) is 6.86. The van der Waals surface area contributed by atoms with Crippen LogP contribution in [0.3, 0.4) is 0 Å². The summed E-state index contributed by atoms with van der Waals surface area (Å²) in [6, 6.07) is 15.1. The van der Waals surface area contributed by atoms with Crippen LogP contribution in [0.5, 0.6) is 5.75 Å². The zero-order valence-corrected chi connectivity index (χ0v) is 18.0. The third-order valence-electron chi connectivity index (χ3n) is 5.07. The van der Waals surface area contributed by atoms with Gasteiger partial charge in [-0.05, 0) is 48.4 Å². The van der Waals surface area contributed by atoms with Crippen molar-refractivity contribution in [2.75, 3.05) is 0 Å². The molecule has 1 N–H and O–H groups in total. The number of hydrogen-bond acceptors (Lipinski definition) is 5. The number of rotatable bonds is 6. The minimum atomic E-state index is -0.186. The van der Waals surface area contributed by atoms with E-state index < -0.39 is 0 Å². The lowest BCUT2D eigenvalue weighted by Crippen LogP contribution is -2.32. The smallest absolute Gasteiger partial charge is 0.257 e. The Balaban J connectivity index is 2.01. The molecule has 1 unspecified atom stereocenters. The molecule has 0 amide bonds. The summed E-state index contributed by atoms with van der Waals surface area (Å²) in [5.74, 6) is 0.635. The Hall–Kier alpha value is -2.70. The quantitative estimate of drug-likeness (QED) is 0.450. The highest BCUT2D eigenvalue weighted by molar-refractivity contribution is 7.10. The summed E-state index contributed by atoms with van der Waals surface area (Å²) in [6.07, 6.45) is 1.32. The van der Waals surface area contributed by atoms with E-state index in [0.717, 1.165) is 10.4 Å². The fourth-order valence-corrected chi connectivity index (χ4v) is 5.21. The van der Waals surface area contributed by atoms with Gasteiger partial charge in [-0.25, -0.2) is 4.98 Å². The summed E-state index contributed by atoms with van der Waals surface area (Å²) in [7, 11) is 0. The lowest BCUT2D eigenvalue weighted by atomic mass is 10.1. The number of aromatic nitrogens is 2. The van der Waals surface area contributed by atoms with Crippen molar-refractivity contribution in [3.05, 3.63) is 90.7 Å². The van der Waals surface area contributed by atoms with E-state index in [1.165, 1.54) is 4.88 Å². The molecule has 0 aliphatic rings. The van der Waals surface area contributed by atoms with Gasteiger partial charge in [-0.2, -0.15) is 0 Å². The molecule has 4 aromatic rings. The Morgan fingerprint density at radius 3 is 2.48 bits per heavy atom. The highest BCUT2D eigenvalue weighted by Crippen LogP contribution is 2.34. The molecular formula is C23H22N2O2S2. The zero-order chi connectivity index (χ0) is 20.4. The fourth-order valence-electron chi connectivity index (χ4n) is 3.64. The monoisotopic (exact) mass is 422 g/mol. The van der Waals surface area contributed by atoms with Crippen LogP contribution in [0.1, 0.15) is 34.0 Å². The predicted molar refractivity (Wildman–Crippen MR) is 120 cm³/mol. The number of phenolic OH excluding ortho intramolecular Hbond substituents is 1. The van der Waals surface area contributed by atoms with Gasteiger partial charge in [0.15, 0.2) is 0 Å². The van der Waals surface area contributed by atoms with Crippen molar-refractivity contribution in [1.82, 2.24) is 9.55 Å². The van der Waals surface area contributed by atoms with Crippen molar-refractivity contribution < 1.29 is 5.11 Å². The maximum atomic E-state index is 13.6. The van der Waals surface area contributed by atoms with E-state index in [4.69, 9.17) is 4.98 Å². The van der Waals surface area contributed by atoms with Gasteiger partial charge in [0.2, 0.25) is 0 Å². The first kappa shape index (κ1) is 19.6. The summed E-state index contributed by atoms with van der Waals surface area (Å²) in [4.78, 5) is 20.8. The molecule has 1 atom stereocenters. The largest absolute Gasteiger partial charge is 0.507 e. The maximum absolute atomic E-state index is 13.6. The summed E-state index contributed by atoms with van der Waals surface area (Å²) in [5, 5.41) is 14.6. The second-order valence-corrected chi connectivity index (χ2v) is 8.87. The number of phenols is 1. The number of nitrogens with zero attached hydrogens (tertiary/aromatic N) is 2. The van der Waals surface area contributed by atoms with E-state index in [1.807, 2.05) is 43.5 Å². The highest BCUT2D eigenvalue weighted by atomic mass is 32.1. The maximum Gasteiger partial charge on any atom is 0.257 e. The fraction of sp³-hybridized carbons (Fsp3) is 0.217. The van der Waals surface area contributed by atoms with Crippen molar-refractivity contribution in [3.8, 4) is 17.1 Å². The molecule has 0 fully saturated rings. The van der Waals surface area contributed by atoms with Gasteiger partial charge < -0.3 is 5.11 Å². The van der Waals surface area contributed by atoms with Gasteiger partial charge in [0.25, 0.3) is 5.56 Å². The molecule has 3 heterocycles. The first-order chi connectivity index (χ1) is 14.1. The van der Waals surface area contributed by atoms with E-state index >= 15 is 0 Å². The molecule has 0 aliphatic heterocycles. The molecule has 6 heteroatoms. The molecule has 0 aliphatic carbocycles. The molecule has 29 heavy (non-hydrogen) atoms. The SMILES string of the molecule is CCc1c(C)nc(-c2ccccc2O)n(C(Cc2cccs2)c2cccs2)c1=O. The number of hydrogen-bond donors (Lipinski definition) is 1. The third kappa shape index (κ3) is 3.78. The Labute approximate surface area is 177 Å². The number of benzene rings is 1.